The first kappa shape index (κ1) is 20.8. The van der Waals surface area contributed by atoms with Crippen LogP contribution in [0.3, 0.4) is 0 Å². The Hall–Kier alpha value is -2.49. The Morgan fingerprint density at radius 3 is 2.63 bits per heavy atom. The van der Waals surface area contributed by atoms with Crippen LogP contribution in [0.15, 0.2) is 0 Å². The number of hydrogen-bond donors (Lipinski definition) is 3. The number of hydrazine groups is 1. The van der Waals surface area contributed by atoms with Crippen molar-refractivity contribution in [2.45, 2.75) is 51.4 Å². The van der Waals surface area contributed by atoms with Gasteiger partial charge in [0.25, 0.3) is 0 Å². The summed E-state index contributed by atoms with van der Waals surface area (Å²) in [5.74, 6) is 0.995. The molecule has 0 aliphatic heterocycles. The minimum atomic E-state index is -0.530. The molecule has 1 fully saturated rings. The number of hydrogen-bond acceptors (Lipinski definition) is 8. The molecule has 1 saturated carbocycles. The van der Waals surface area contributed by atoms with Crippen LogP contribution in [0.1, 0.15) is 57.2 Å². The zero-order chi connectivity index (χ0) is 19.8. The third-order valence-electron chi connectivity index (χ3n) is 4.34. The Balaban J connectivity index is 2.01. The lowest BCUT2D eigenvalue weighted by atomic mass is 10.0. The molecule has 1 aromatic heterocycles. The fraction of sp³-hybridized carbons (Fsp3) is 0.706. The van der Waals surface area contributed by atoms with Gasteiger partial charge in [-0.1, -0.05) is 26.2 Å². The molecule has 1 aromatic rings. The van der Waals surface area contributed by atoms with Gasteiger partial charge in [0.05, 0.1) is 12.5 Å². The van der Waals surface area contributed by atoms with E-state index in [1.165, 1.54) is 0 Å². The fourth-order valence-corrected chi connectivity index (χ4v) is 2.60. The van der Waals surface area contributed by atoms with E-state index >= 15 is 0 Å². The van der Waals surface area contributed by atoms with Gasteiger partial charge in [0.2, 0.25) is 24.2 Å². The molecule has 1 atom stereocenters. The highest BCUT2D eigenvalue weighted by Gasteiger charge is 2.28. The largest absolute Gasteiger partial charge is 0.347 e. The third kappa shape index (κ3) is 6.63. The number of anilines is 2. The molecular formula is C17H29N7O3. The smallest absolute Gasteiger partial charge is 0.246 e. The van der Waals surface area contributed by atoms with E-state index in [0.29, 0.717) is 35.6 Å². The number of rotatable bonds is 12. The maximum Gasteiger partial charge on any atom is 0.246 e. The summed E-state index contributed by atoms with van der Waals surface area (Å²) in [7, 11) is 3.68. The van der Waals surface area contributed by atoms with Crippen molar-refractivity contribution >= 4 is 24.2 Å². The van der Waals surface area contributed by atoms with E-state index in [1.807, 2.05) is 14.1 Å². The number of nitrogens with one attached hydrogen (secondary N) is 2. The molecular weight excluding hydrogens is 350 g/mol. The Morgan fingerprint density at radius 2 is 2.04 bits per heavy atom. The van der Waals surface area contributed by atoms with E-state index in [2.05, 4.69) is 32.7 Å². The monoisotopic (exact) mass is 379 g/mol. The first-order valence-electron chi connectivity index (χ1n) is 9.34. The summed E-state index contributed by atoms with van der Waals surface area (Å²) in [6.45, 7) is 2.01. The summed E-state index contributed by atoms with van der Waals surface area (Å²) in [4.78, 5) is 38.1. The highest BCUT2D eigenvalue weighted by atomic mass is 16.5. The number of carbonyl (C=O) groups excluding carboxylic acids is 2. The predicted molar refractivity (Wildman–Crippen MR) is 100 cm³/mol. The molecule has 3 N–H and O–H groups in total. The van der Waals surface area contributed by atoms with Gasteiger partial charge in [0.1, 0.15) is 5.82 Å². The highest BCUT2D eigenvalue weighted by molar-refractivity contribution is 5.80. The van der Waals surface area contributed by atoms with Crippen molar-refractivity contribution in [2.24, 2.45) is 5.92 Å². The molecule has 2 rings (SSSR count). The van der Waals surface area contributed by atoms with Crippen molar-refractivity contribution in [2.75, 3.05) is 31.0 Å². The maximum absolute atomic E-state index is 12.5. The zero-order valence-corrected chi connectivity index (χ0v) is 16.2. The van der Waals surface area contributed by atoms with Gasteiger partial charge in [-0.05, 0) is 19.3 Å². The van der Waals surface area contributed by atoms with Gasteiger partial charge in [-0.2, -0.15) is 15.0 Å². The Bertz CT molecular complexity index is 617. The molecule has 0 saturated heterocycles. The molecule has 1 heterocycles. The topological polar surface area (TPSA) is 124 Å². The Morgan fingerprint density at radius 1 is 1.30 bits per heavy atom. The van der Waals surface area contributed by atoms with Crippen molar-refractivity contribution in [1.82, 2.24) is 25.4 Å². The van der Waals surface area contributed by atoms with E-state index in [-0.39, 0.29) is 18.4 Å². The normalized spacial score (nSPS) is 14.4. The van der Waals surface area contributed by atoms with Gasteiger partial charge < -0.3 is 4.90 Å². The summed E-state index contributed by atoms with van der Waals surface area (Å²) in [5, 5.41) is 9.94. The molecule has 0 aromatic carbocycles. The molecule has 10 nitrogen and oxygen atoms in total. The first-order chi connectivity index (χ1) is 12.9. The minimum absolute atomic E-state index is 0.0613. The van der Waals surface area contributed by atoms with Crippen LogP contribution in [0.25, 0.3) is 0 Å². The fourth-order valence-electron chi connectivity index (χ4n) is 2.60. The van der Waals surface area contributed by atoms with Crippen LogP contribution < -0.4 is 15.8 Å². The van der Waals surface area contributed by atoms with Crippen molar-refractivity contribution in [3.63, 3.8) is 0 Å². The molecule has 1 unspecified atom stereocenters. The summed E-state index contributed by atoms with van der Waals surface area (Å²) >= 11 is 0. The SMILES string of the molecule is CCCCCC(CN(O)C=O)C(=O)NNc1nc(C2CC2)nc(N(C)C)n1. The van der Waals surface area contributed by atoms with Gasteiger partial charge in [-0.3, -0.25) is 25.6 Å². The van der Waals surface area contributed by atoms with Gasteiger partial charge in [-0.25, -0.2) is 5.06 Å². The van der Waals surface area contributed by atoms with E-state index in [9.17, 15) is 14.8 Å². The predicted octanol–water partition coefficient (Wildman–Crippen LogP) is 1.30. The lowest BCUT2D eigenvalue weighted by Gasteiger charge is -2.20. The van der Waals surface area contributed by atoms with Crippen LogP contribution in [0, 0.1) is 5.92 Å². The van der Waals surface area contributed by atoms with E-state index < -0.39 is 5.92 Å². The minimum Gasteiger partial charge on any atom is -0.347 e. The van der Waals surface area contributed by atoms with Crippen LogP contribution in [0.2, 0.25) is 0 Å². The number of hydroxylamine groups is 2. The van der Waals surface area contributed by atoms with Crippen LogP contribution in [-0.4, -0.2) is 58.2 Å². The van der Waals surface area contributed by atoms with Crippen LogP contribution in [-0.2, 0) is 9.59 Å². The number of nitrogens with zero attached hydrogens (tertiary/aromatic N) is 5. The standard InChI is InChI=1S/C17H29N7O3/c1-4-5-6-7-13(10-24(27)11-25)15(26)21-22-16-18-14(12-8-9-12)19-17(20-16)23(2)3/h11-13,27H,4-10H2,1-3H3,(H,21,26)(H,18,19,20,22). The van der Waals surface area contributed by atoms with Crippen LogP contribution >= 0.6 is 0 Å². The first-order valence-corrected chi connectivity index (χ1v) is 9.34. The second-order valence-electron chi connectivity index (χ2n) is 7.02. The molecule has 2 amide bonds. The quantitative estimate of drug-likeness (QED) is 0.215. The molecule has 10 heteroatoms. The number of aromatic nitrogens is 3. The zero-order valence-electron chi connectivity index (χ0n) is 16.2. The van der Waals surface area contributed by atoms with Crippen molar-refractivity contribution in [3.8, 4) is 0 Å². The summed E-state index contributed by atoms with van der Waals surface area (Å²) < 4.78 is 0. The van der Waals surface area contributed by atoms with E-state index in [4.69, 9.17) is 0 Å². The average molecular weight is 379 g/mol. The van der Waals surface area contributed by atoms with E-state index in [0.717, 1.165) is 32.1 Å². The number of amides is 2. The van der Waals surface area contributed by atoms with Gasteiger partial charge in [0.15, 0.2) is 0 Å². The second-order valence-corrected chi connectivity index (χ2v) is 7.02. The third-order valence-corrected chi connectivity index (χ3v) is 4.34. The lowest BCUT2D eigenvalue weighted by molar-refractivity contribution is -0.154. The summed E-state index contributed by atoms with van der Waals surface area (Å²) in [6, 6.07) is 0. The second kappa shape index (κ2) is 10.0. The van der Waals surface area contributed by atoms with Crippen molar-refractivity contribution in [3.05, 3.63) is 5.82 Å². The van der Waals surface area contributed by atoms with E-state index in [1.54, 1.807) is 4.90 Å². The summed E-state index contributed by atoms with van der Waals surface area (Å²) in [5.41, 5.74) is 5.34. The van der Waals surface area contributed by atoms with Crippen molar-refractivity contribution in [1.29, 1.82) is 0 Å². The van der Waals surface area contributed by atoms with Crippen LogP contribution in [0.5, 0.6) is 0 Å². The average Bonchev–Trinajstić information content (AvgIpc) is 3.50. The molecule has 1 aliphatic rings. The Labute approximate surface area is 159 Å². The van der Waals surface area contributed by atoms with Gasteiger partial charge in [-0.15, -0.1) is 0 Å². The molecule has 27 heavy (non-hydrogen) atoms. The number of unbranched alkanes of at least 4 members (excludes halogenated alkanes) is 2. The summed E-state index contributed by atoms with van der Waals surface area (Å²) in [6.07, 6.45) is 5.81. The molecule has 0 spiro atoms. The molecule has 1 aliphatic carbocycles. The molecule has 0 bridgehead atoms. The van der Waals surface area contributed by atoms with Gasteiger partial charge in [0, 0.05) is 20.0 Å². The molecule has 150 valence electrons. The Kier molecular flexibility index (Phi) is 7.71. The molecule has 0 radical (unpaired) electrons. The number of carbonyl (C=O) groups is 2. The lowest BCUT2D eigenvalue weighted by Crippen LogP contribution is -2.40. The van der Waals surface area contributed by atoms with Gasteiger partial charge >= 0.3 is 0 Å². The highest BCUT2D eigenvalue weighted by Crippen LogP contribution is 2.38. The maximum atomic E-state index is 12.5. The van der Waals surface area contributed by atoms with Crippen molar-refractivity contribution < 1.29 is 14.8 Å². The van der Waals surface area contributed by atoms with Crippen LogP contribution in [0.4, 0.5) is 11.9 Å².